The van der Waals surface area contributed by atoms with E-state index in [9.17, 15) is 9.59 Å². The normalized spacial score (nSPS) is 26.5. The van der Waals surface area contributed by atoms with Gasteiger partial charge in [-0.15, -0.1) is 0 Å². The number of carbonyl (C=O) groups excluding carboxylic acids is 2. The number of nitrogens with one attached hydrogen (secondary N) is 1. The molecular weight excluding hydrogens is 292 g/mol. The lowest BCUT2D eigenvalue weighted by Crippen LogP contribution is -2.52. The van der Waals surface area contributed by atoms with Crippen molar-refractivity contribution >= 4 is 11.9 Å². The third-order valence-electron chi connectivity index (χ3n) is 5.26. The summed E-state index contributed by atoms with van der Waals surface area (Å²) >= 11 is 0. The van der Waals surface area contributed by atoms with Gasteiger partial charge >= 0.3 is 5.97 Å². The van der Waals surface area contributed by atoms with Gasteiger partial charge in [0, 0.05) is 12.6 Å². The molecule has 0 bridgehead atoms. The Balaban J connectivity index is 1.94. The molecule has 0 aromatic heterocycles. The summed E-state index contributed by atoms with van der Waals surface area (Å²) in [5.41, 5.74) is 0. The Morgan fingerprint density at radius 1 is 1.22 bits per heavy atom. The highest BCUT2D eigenvalue weighted by molar-refractivity contribution is 5.83. The van der Waals surface area contributed by atoms with Gasteiger partial charge in [-0.2, -0.15) is 0 Å². The van der Waals surface area contributed by atoms with Gasteiger partial charge < -0.3 is 9.64 Å². The molecule has 0 aromatic rings. The summed E-state index contributed by atoms with van der Waals surface area (Å²) in [6.07, 6.45) is 7.65. The van der Waals surface area contributed by atoms with Crippen LogP contribution in [0.2, 0.25) is 0 Å². The number of nitrogens with zero attached hydrogens (tertiary/aromatic N) is 1. The maximum Gasteiger partial charge on any atom is 0.323 e. The number of fused-ring (bicyclic) bond motifs is 1. The fourth-order valence-corrected chi connectivity index (χ4v) is 4.10. The number of esters is 1. The van der Waals surface area contributed by atoms with Gasteiger partial charge in [0.25, 0.3) is 0 Å². The van der Waals surface area contributed by atoms with E-state index < -0.39 is 0 Å². The quantitative estimate of drug-likeness (QED) is 0.731. The van der Waals surface area contributed by atoms with E-state index in [2.05, 4.69) is 10.2 Å². The lowest BCUT2D eigenvalue weighted by Gasteiger charge is -2.34. The molecule has 0 radical (unpaired) electrons. The van der Waals surface area contributed by atoms with Gasteiger partial charge in [-0.25, -0.2) is 0 Å². The highest BCUT2D eigenvalue weighted by atomic mass is 16.5. The predicted molar refractivity (Wildman–Crippen MR) is 90.0 cm³/mol. The Morgan fingerprint density at radius 3 is 2.65 bits per heavy atom. The van der Waals surface area contributed by atoms with Crippen LogP contribution in [0.25, 0.3) is 0 Å². The summed E-state index contributed by atoms with van der Waals surface area (Å²) < 4.78 is 5.12. The highest BCUT2D eigenvalue weighted by Gasteiger charge is 2.39. The second kappa shape index (κ2) is 8.67. The maximum atomic E-state index is 12.8. The molecule has 4 atom stereocenters. The molecule has 5 nitrogen and oxygen atoms in total. The van der Waals surface area contributed by atoms with Crippen LogP contribution in [0.5, 0.6) is 0 Å². The first-order chi connectivity index (χ1) is 11.1. The second-order valence-corrected chi connectivity index (χ2v) is 6.91. The third kappa shape index (κ3) is 4.46. The molecule has 2 rings (SSSR count). The van der Waals surface area contributed by atoms with Gasteiger partial charge in [-0.3, -0.25) is 14.9 Å². The minimum atomic E-state index is -0.386. The lowest BCUT2D eigenvalue weighted by atomic mass is 9.85. The topological polar surface area (TPSA) is 58.6 Å². The summed E-state index contributed by atoms with van der Waals surface area (Å²) in [7, 11) is 0. The van der Waals surface area contributed by atoms with Crippen LogP contribution in [-0.2, 0) is 14.3 Å². The van der Waals surface area contributed by atoms with E-state index in [0.717, 1.165) is 25.8 Å². The first-order valence-electron chi connectivity index (χ1n) is 9.31. The van der Waals surface area contributed by atoms with Gasteiger partial charge in [-0.05, 0) is 45.4 Å². The van der Waals surface area contributed by atoms with E-state index in [4.69, 9.17) is 4.74 Å². The number of amides is 1. The molecule has 0 aromatic carbocycles. The predicted octanol–water partition coefficient (Wildman–Crippen LogP) is 2.49. The molecule has 1 heterocycles. The minimum absolute atomic E-state index is 0.143. The van der Waals surface area contributed by atoms with E-state index in [1.54, 1.807) is 0 Å². The third-order valence-corrected chi connectivity index (χ3v) is 5.26. The lowest BCUT2D eigenvalue weighted by molar-refractivity contribution is -0.146. The van der Waals surface area contributed by atoms with Gasteiger partial charge in [0.05, 0.1) is 12.6 Å². The molecule has 1 saturated heterocycles. The van der Waals surface area contributed by atoms with Crippen molar-refractivity contribution in [3.05, 3.63) is 0 Å². The van der Waals surface area contributed by atoms with Crippen LogP contribution in [0.4, 0.5) is 0 Å². The van der Waals surface area contributed by atoms with Gasteiger partial charge in [0.1, 0.15) is 6.04 Å². The molecule has 1 N–H and O–H groups in total. The Kier molecular flexibility index (Phi) is 6.88. The smallest absolute Gasteiger partial charge is 0.323 e. The number of ether oxygens (including phenoxy) is 1. The van der Waals surface area contributed by atoms with E-state index in [1.807, 2.05) is 20.8 Å². The molecule has 2 fully saturated rings. The van der Waals surface area contributed by atoms with Crippen LogP contribution >= 0.6 is 0 Å². The molecule has 5 heteroatoms. The van der Waals surface area contributed by atoms with Crippen molar-refractivity contribution in [1.82, 2.24) is 10.2 Å². The summed E-state index contributed by atoms with van der Waals surface area (Å²) in [5, 5.41) is 3.21. The molecule has 2 unspecified atom stereocenters. The zero-order chi connectivity index (χ0) is 16.8. The van der Waals surface area contributed by atoms with Crippen molar-refractivity contribution < 1.29 is 14.3 Å². The van der Waals surface area contributed by atoms with E-state index in [0.29, 0.717) is 25.0 Å². The van der Waals surface area contributed by atoms with Crippen LogP contribution in [0.1, 0.15) is 65.7 Å². The molecule has 23 heavy (non-hydrogen) atoms. The van der Waals surface area contributed by atoms with Crippen LogP contribution in [-0.4, -0.2) is 48.1 Å². The molecule has 2 aliphatic rings. The number of hydrogen-bond donors (Lipinski definition) is 1. The molecule has 0 spiro atoms. The SMILES string of the molecule is CCC[C@H](N[C@@H](C)C(=O)N1CCC2CCCCC21)C(=O)OCC. The first-order valence-corrected chi connectivity index (χ1v) is 9.31. The molecule has 1 saturated carbocycles. The van der Waals surface area contributed by atoms with Crippen molar-refractivity contribution in [2.75, 3.05) is 13.2 Å². The summed E-state index contributed by atoms with van der Waals surface area (Å²) in [6, 6.07) is -0.298. The average Bonchev–Trinajstić information content (AvgIpc) is 2.97. The van der Waals surface area contributed by atoms with Crippen LogP contribution in [0, 0.1) is 5.92 Å². The molecule has 132 valence electrons. The largest absolute Gasteiger partial charge is 0.465 e. The van der Waals surface area contributed by atoms with Crippen LogP contribution in [0.3, 0.4) is 0 Å². The highest BCUT2D eigenvalue weighted by Crippen LogP contribution is 2.36. The van der Waals surface area contributed by atoms with Crippen molar-refractivity contribution in [1.29, 1.82) is 0 Å². The Hall–Kier alpha value is -1.10. The van der Waals surface area contributed by atoms with Crippen molar-refractivity contribution in [2.45, 2.75) is 83.8 Å². The number of carbonyl (C=O) groups is 2. The van der Waals surface area contributed by atoms with Crippen molar-refractivity contribution in [3.63, 3.8) is 0 Å². The van der Waals surface area contributed by atoms with E-state index in [-0.39, 0.29) is 24.0 Å². The summed E-state index contributed by atoms with van der Waals surface area (Å²) in [6.45, 7) is 6.97. The standard InChI is InChI=1S/C18H32N2O3/c1-4-8-15(18(22)23-5-2)19-13(3)17(21)20-12-11-14-9-6-7-10-16(14)20/h13-16,19H,4-12H2,1-3H3/t13-,14?,15-,16?/m0/s1. The van der Waals surface area contributed by atoms with E-state index >= 15 is 0 Å². The van der Waals surface area contributed by atoms with Gasteiger partial charge in [0.15, 0.2) is 0 Å². The molecular formula is C18H32N2O3. The Labute approximate surface area is 140 Å². The average molecular weight is 324 g/mol. The summed E-state index contributed by atoms with van der Waals surface area (Å²) in [4.78, 5) is 26.9. The number of rotatable bonds is 7. The molecule has 1 aliphatic carbocycles. The minimum Gasteiger partial charge on any atom is -0.465 e. The fourth-order valence-electron chi connectivity index (χ4n) is 4.10. The number of likely N-dealkylation sites (tertiary alicyclic amines) is 1. The van der Waals surface area contributed by atoms with Crippen LogP contribution in [0.15, 0.2) is 0 Å². The summed E-state index contributed by atoms with van der Waals surface area (Å²) in [5.74, 6) is 0.590. The second-order valence-electron chi connectivity index (χ2n) is 6.91. The Bertz CT molecular complexity index is 413. The molecule has 1 aliphatic heterocycles. The van der Waals surface area contributed by atoms with Crippen LogP contribution < -0.4 is 5.32 Å². The zero-order valence-electron chi connectivity index (χ0n) is 14.8. The zero-order valence-corrected chi connectivity index (χ0v) is 14.8. The molecule has 1 amide bonds. The van der Waals surface area contributed by atoms with Crippen molar-refractivity contribution in [2.24, 2.45) is 5.92 Å². The number of hydrogen-bond acceptors (Lipinski definition) is 4. The van der Waals surface area contributed by atoms with Gasteiger partial charge in [0.2, 0.25) is 5.91 Å². The fraction of sp³-hybridized carbons (Fsp3) is 0.889. The Morgan fingerprint density at radius 2 is 1.96 bits per heavy atom. The van der Waals surface area contributed by atoms with Crippen molar-refractivity contribution in [3.8, 4) is 0 Å². The van der Waals surface area contributed by atoms with Gasteiger partial charge in [-0.1, -0.05) is 26.2 Å². The first kappa shape index (κ1) is 18.2. The maximum absolute atomic E-state index is 12.8. The van der Waals surface area contributed by atoms with E-state index in [1.165, 1.54) is 19.3 Å². The monoisotopic (exact) mass is 324 g/mol.